The molecule has 1 nitrogen and oxygen atoms in total. The maximum atomic E-state index is 11.6. The molecule has 0 heterocycles. The Hall–Kier alpha value is 0.110. The summed E-state index contributed by atoms with van der Waals surface area (Å²) in [6.07, 6.45) is -1.53. The van der Waals surface area contributed by atoms with Crippen LogP contribution in [0.5, 0.6) is 0 Å². The predicted octanol–water partition coefficient (Wildman–Crippen LogP) is 1.79. The van der Waals surface area contributed by atoms with Gasteiger partial charge in [0.05, 0.1) is 0 Å². The first-order valence-corrected chi connectivity index (χ1v) is 2.02. The van der Waals surface area contributed by atoms with E-state index >= 15 is 0 Å². The monoisotopic (exact) mass is 129 g/mol. The van der Waals surface area contributed by atoms with Gasteiger partial charge in [0.15, 0.2) is 6.17 Å². The van der Waals surface area contributed by atoms with Crippen LogP contribution in [0.4, 0.5) is 8.78 Å². The second-order valence-corrected chi connectivity index (χ2v) is 2.06. The number of alkyl halides is 3. The summed E-state index contributed by atoms with van der Waals surface area (Å²) < 4.78 is 23.0. The van der Waals surface area contributed by atoms with Crippen LogP contribution < -0.4 is 6.15 Å². The second kappa shape index (κ2) is 1.56. The van der Waals surface area contributed by atoms with Gasteiger partial charge in [-0.2, -0.15) is 0 Å². The van der Waals surface area contributed by atoms with E-state index in [-0.39, 0.29) is 12.6 Å². The van der Waals surface area contributed by atoms with Gasteiger partial charge in [0.25, 0.3) is 0 Å². The summed E-state index contributed by atoms with van der Waals surface area (Å²) in [4.78, 5) is 0. The molecule has 0 amide bonds. The molecule has 0 bridgehead atoms. The lowest BCUT2D eigenvalue weighted by Crippen LogP contribution is -1.87. The van der Waals surface area contributed by atoms with E-state index in [4.69, 9.17) is 11.6 Å². The van der Waals surface area contributed by atoms with Gasteiger partial charge in [-0.05, 0) is 0 Å². The smallest absolute Gasteiger partial charge is 0.217 e. The van der Waals surface area contributed by atoms with E-state index in [0.717, 1.165) is 0 Å². The molecule has 44 valence electrons. The minimum absolute atomic E-state index is 0. The molecular weight excluding hydrogens is 123 g/mol. The molecule has 1 fully saturated rings. The third-order valence-corrected chi connectivity index (χ3v) is 1.14. The average molecular weight is 130 g/mol. The Morgan fingerprint density at radius 2 is 1.86 bits per heavy atom. The zero-order valence-electron chi connectivity index (χ0n) is 3.63. The van der Waals surface area contributed by atoms with Gasteiger partial charge in [0.1, 0.15) is 0 Å². The zero-order chi connectivity index (χ0) is 4.78. The largest absolute Gasteiger partial charge is 0.344 e. The van der Waals surface area contributed by atoms with Crippen LogP contribution in [0.2, 0.25) is 0 Å². The molecule has 7 heavy (non-hydrogen) atoms. The average Bonchev–Trinajstić information content (AvgIpc) is 1.73. The fraction of sp³-hybridized carbons (Fsp3) is 1.00. The molecule has 0 spiro atoms. The van der Waals surface area contributed by atoms with Gasteiger partial charge < -0.3 is 6.15 Å². The Morgan fingerprint density at radius 1 is 1.71 bits per heavy atom. The summed E-state index contributed by atoms with van der Waals surface area (Å²) in [6.45, 7) is 0. The van der Waals surface area contributed by atoms with Crippen molar-refractivity contribution in [1.29, 1.82) is 0 Å². The van der Waals surface area contributed by atoms with Crippen LogP contribution >= 0.6 is 11.6 Å². The van der Waals surface area contributed by atoms with E-state index in [1.54, 1.807) is 0 Å². The minimum atomic E-state index is -1.99. The molecule has 3 N–H and O–H groups in total. The van der Waals surface area contributed by atoms with Crippen molar-refractivity contribution < 1.29 is 8.78 Å². The molecule has 2 atom stereocenters. The fourth-order valence-electron chi connectivity index (χ4n) is 0.180. The van der Waals surface area contributed by atoms with Crippen molar-refractivity contribution in [2.24, 2.45) is 0 Å². The van der Waals surface area contributed by atoms with Crippen molar-refractivity contribution >= 4 is 11.6 Å². The summed E-state index contributed by atoms with van der Waals surface area (Å²) in [5.41, 5.74) is 0. The molecule has 0 radical (unpaired) electrons. The Labute approximate surface area is 45.2 Å². The van der Waals surface area contributed by atoms with Gasteiger partial charge in [-0.3, -0.25) is 0 Å². The van der Waals surface area contributed by atoms with Crippen molar-refractivity contribution in [3.8, 4) is 0 Å². The highest BCUT2D eigenvalue weighted by atomic mass is 35.5. The number of rotatable bonds is 0. The zero-order valence-corrected chi connectivity index (χ0v) is 4.38. The molecular formula is C3H6ClF2N. The summed E-state index contributed by atoms with van der Waals surface area (Å²) in [7, 11) is 0. The lowest BCUT2D eigenvalue weighted by molar-refractivity contribution is 0.337. The maximum absolute atomic E-state index is 11.6. The summed E-state index contributed by atoms with van der Waals surface area (Å²) in [6, 6.07) is 0. The molecule has 1 aliphatic carbocycles. The van der Waals surface area contributed by atoms with E-state index in [2.05, 4.69) is 0 Å². The van der Waals surface area contributed by atoms with Crippen molar-refractivity contribution in [2.75, 3.05) is 0 Å². The van der Waals surface area contributed by atoms with E-state index in [1.165, 1.54) is 0 Å². The molecule has 0 saturated heterocycles. The first-order chi connectivity index (χ1) is 2.63. The van der Waals surface area contributed by atoms with E-state index in [0.29, 0.717) is 0 Å². The molecule has 1 aliphatic rings. The van der Waals surface area contributed by atoms with E-state index in [9.17, 15) is 8.78 Å². The standard InChI is InChI=1S/C3H3ClF2.H3N/c4-3(6)1-2(3)5;/h2H,1H2;1H3. The van der Waals surface area contributed by atoms with Gasteiger partial charge >= 0.3 is 0 Å². The van der Waals surface area contributed by atoms with Gasteiger partial charge in [-0.25, -0.2) is 8.78 Å². The first-order valence-electron chi connectivity index (χ1n) is 1.65. The molecule has 4 heteroatoms. The Bertz CT molecular complexity index is 75.3. The van der Waals surface area contributed by atoms with Crippen LogP contribution in [0.1, 0.15) is 6.42 Å². The lowest BCUT2D eigenvalue weighted by atomic mass is 10.9. The van der Waals surface area contributed by atoms with E-state index < -0.39 is 11.3 Å². The van der Waals surface area contributed by atoms with Crippen LogP contribution in [0, 0.1) is 0 Å². The number of halogens is 3. The number of hydrogen-bond acceptors (Lipinski definition) is 1. The third kappa shape index (κ3) is 1.24. The van der Waals surface area contributed by atoms with E-state index in [1.807, 2.05) is 0 Å². The summed E-state index contributed by atoms with van der Waals surface area (Å²) in [5, 5.41) is -1.99. The van der Waals surface area contributed by atoms with Crippen molar-refractivity contribution in [2.45, 2.75) is 17.7 Å². The Kier molecular flexibility index (Phi) is 1.59. The van der Waals surface area contributed by atoms with Crippen LogP contribution in [-0.2, 0) is 0 Å². The highest BCUT2D eigenvalue weighted by Crippen LogP contribution is 2.46. The first kappa shape index (κ1) is 7.11. The summed E-state index contributed by atoms with van der Waals surface area (Å²) in [5.74, 6) is 0. The minimum Gasteiger partial charge on any atom is -0.344 e. The molecule has 0 aromatic heterocycles. The molecule has 0 aromatic rings. The van der Waals surface area contributed by atoms with Gasteiger partial charge in [0.2, 0.25) is 5.13 Å². The van der Waals surface area contributed by atoms with Crippen molar-refractivity contribution in [3.05, 3.63) is 0 Å². The summed E-state index contributed by atoms with van der Waals surface area (Å²) >= 11 is 4.75. The van der Waals surface area contributed by atoms with Crippen LogP contribution in [0.3, 0.4) is 0 Å². The SMILES string of the molecule is FC1CC1(F)Cl.N. The normalized spacial score (nSPS) is 47.6. The fourth-order valence-corrected chi connectivity index (χ4v) is 0.315. The highest BCUT2D eigenvalue weighted by Gasteiger charge is 2.55. The molecule has 0 aliphatic heterocycles. The molecule has 1 rings (SSSR count). The predicted molar refractivity (Wildman–Crippen MR) is 24.2 cm³/mol. The molecule has 1 saturated carbocycles. The third-order valence-electron chi connectivity index (χ3n) is 0.750. The van der Waals surface area contributed by atoms with Crippen LogP contribution in [0.15, 0.2) is 0 Å². The Balaban J connectivity index is 0.000000360. The van der Waals surface area contributed by atoms with Gasteiger partial charge in [0, 0.05) is 6.42 Å². The van der Waals surface area contributed by atoms with Gasteiger partial charge in [-0.15, -0.1) is 0 Å². The second-order valence-electron chi connectivity index (χ2n) is 1.43. The highest BCUT2D eigenvalue weighted by molar-refractivity contribution is 6.25. The van der Waals surface area contributed by atoms with Gasteiger partial charge in [-0.1, -0.05) is 11.6 Å². The Morgan fingerprint density at radius 3 is 1.86 bits per heavy atom. The van der Waals surface area contributed by atoms with Crippen molar-refractivity contribution in [3.63, 3.8) is 0 Å². The maximum Gasteiger partial charge on any atom is 0.217 e. The van der Waals surface area contributed by atoms with Crippen molar-refractivity contribution in [1.82, 2.24) is 6.15 Å². The molecule has 0 aromatic carbocycles. The van der Waals surface area contributed by atoms with Crippen LogP contribution in [0.25, 0.3) is 0 Å². The van der Waals surface area contributed by atoms with Crippen LogP contribution in [-0.4, -0.2) is 11.3 Å². The quantitative estimate of drug-likeness (QED) is 0.498. The topological polar surface area (TPSA) is 35.0 Å². The molecule has 2 unspecified atom stereocenters. The lowest BCUT2D eigenvalue weighted by Gasteiger charge is -1.80. The number of hydrogen-bond donors (Lipinski definition) is 1.